The second kappa shape index (κ2) is 7.80. The first-order valence-corrected chi connectivity index (χ1v) is 9.99. The molecule has 0 aliphatic heterocycles. The molecule has 30 heavy (non-hydrogen) atoms. The molecule has 144 valence electrons. The Morgan fingerprint density at radius 1 is 0.633 bits per heavy atom. The van der Waals surface area contributed by atoms with Crippen LogP contribution in [0.25, 0.3) is 33.2 Å². The average molecular weight is 388 g/mol. The summed E-state index contributed by atoms with van der Waals surface area (Å²) in [5.74, 6) is 0. The first-order chi connectivity index (χ1) is 14.8. The summed E-state index contributed by atoms with van der Waals surface area (Å²) in [6.07, 6.45) is 1.77. The Labute approximate surface area is 174 Å². The fraction of sp³-hybridized carbons (Fsp3) is 0.0370. The van der Waals surface area contributed by atoms with E-state index in [1.165, 1.54) is 0 Å². The number of rotatable bonds is 4. The molecule has 0 fully saturated rings. The van der Waals surface area contributed by atoms with Gasteiger partial charge in [-0.15, -0.1) is 0 Å². The van der Waals surface area contributed by atoms with E-state index in [-0.39, 0.29) is 5.56 Å². The number of fused-ring (bicyclic) bond motifs is 1. The Kier molecular flexibility index (Phi) is 4.70. The van der Waals surface area contributed by atoms with Crippen molar-refractivity contribution in [2.75, 3.05) is 0 Å². The number of pyridine rings is 2. The van der Waals surface area contributed by atoms with Crippen LogP contribution in [-0.2, 0) is 6.54 Å². The van der Waals surface area contributed by atoms with E-state index in [9.17, 15) is 4.79 Å². The van der Waals surface area contributed by atoms with Crippen molar-refractivity contribution in [3.8, 4) is 22.4 Å². The minimum absolute atomic E-state index is 0.00483. The van der Waals surface area contributed by atoms with Gasteiger partial charge in [0.05, 0.1) is 17.9 Å². The second-order valence-electron chi connectivity index (χ2n) is 7.21. The van der Waals surface area contributed by atoms with Crippen molar-refractivity contribution in [3.05, 3.63) is 125 Å². The lowest BCUT2D eigenvalue weighted by atomic mass is 9.93. The van der Waals surface area contributed by atoms with Crippen LogP contribution < -0.4 is 5.56 Å². The number of hydrogen-bond acceptors (Lipinski definition) is 2. The quantitative estimate of drug-likeness (QED) is 0.391. The van der Waals surface area contributed by atoms with E-state index in [0.717, 1.165) is 33.5 Å². The van der Waals surface area contributed by atoms with Gasteiger partial charge in [0, 0.05) is 17.1 Å². The van der Waals surface area contributed by atoms with Crippen LogP contribution in [0, 0.1) is 0 Å². The van der Waals surface area contributed by atoms with Crippen molar-refractivity contribution in [3.63, 3.8) is 0 Å². The van der Waals surface area contributed by atoms with Crippen LogP contribution in [0.1, 0.15) is 5.69 Å². The number of hydrogen-bond donors (Lipinski definition) is 0. The van der Waals surface area contributed by atoms with Gasteiger partial charge in [0.15, 0.2) is 0 Å². The molecule has 0 saturated carbocycles. The molecule has 0 N–H and O–H groups in total. The van der Waals surface area contributed by atoms with Crippen LogP contribution in [0.3, 0.4) is 0 Å². The molecule has 0 amide bonds. The lowest BCUT2D eigenvalue weighted by molar-refractivity contribution is 0.756. The van der Waals surface area contributed by atoms with Gasteiger partial charge in [-0.25, -0.2) is 0 Å². The van der Waals surface area contributed by atoms with Crippen LogP contribution in [0.2, 0.25) is 0 Å². The molecule has 5 aromatic rings. The Bertz CT molecular complexity index is 1360. The highest BCUT2D eigenvalue weighted by Gasteiger charge is 2.19. The van der Waals surface area contributed by atoms with E-state index < -0.39 is 0 Å². The normalized spacial score (nSPS) is 10.9. The van der Waals surface area contributed by atoms with E-state index >= 15 is 0 Å². The predicted molar refractivity (Wildman–Crippen MR) is 122 cm³/mol. The third-order valence-corrected chi connectivity index (χ3v) is 5.33. The Hall–Kier alpha value is -3.98. The summed E-state index contributed by atoms with van der Waals surface area (Å²) < 4.78 is 1.86. The molecule has 5 rings (SSSR count). The predicted octanol–water partition coefficient (Wildman–Crippen LogP) is 5.78. The number of nitrogens with zero attached hydrogens (tertiary/aromatic N) is 2. The Balaban J connectivity index is 1.93. The van der Waals surface area contributed by atoms with E-state index in [0.29, 0.717) is 11.9 Å². The van der Waals surface area contributed by atoms with Crippen LogP contribution in [-0.4, -0.2) is 9.55 Å². The lowest BCUT2D eigenvalue weighted by Crippen LogP contribution is -2.24. The van der Waals surface area contributed by atoms with Crippen LogP contribution in [0.4, 0.5) is 0 Å². The fourth-order valence-electron chi connectivity index (χ4n) is 3.99. The van der Waals surface area contributed by atoms with Gasteiger partial charge in [0.25, 0.3) is 5.56 Å². The maximum atomic E-state index is 13.6. The Morgan fingerprint density at radius 2 is 1.23 bits per heavy atom. The summed E-state index contributed by atoms with van der Waals surface area (Å²) in [7, 11) is 0. The first-order valence-electron chi connectivity index (χ1n) is 9.99. The summed E-state index contributed by atoms with van der Waals surface area (Å²) in [6, 6.07) is 34.1. The topological polar surface area (TPSA) is 34.9 Å². The standard InChI is InChI=1S/C27H20N2O/c30-27-24-17-8-7-16-23(24)25(20-11-3-1-4-12-20)26(21-13-5-2-6-14-21)29(27)19-22-15-9-10-18-28-22/h1-18H,19H2. The summed E-state index contributed by atoms with van der Waals surface area (Å²) in [4.78, 5) is 18.1. The molecule has 0 bridgehead atoms. The molecule has 3 nitrogen and oxygen atoms in total. The number of aromatic nitrogens is 2. The third kappa shape index (κ3) is 3.20. The van der Waals surface area contributed by atoms with E-state index in [1.54, 1.807) is 6.20 Å². The largest absolute Gasteiger partial charge is 0.301 e. The molecule has 3 heteroatoms. The van der Waals surface area contributed by atoms with Crippen molar-refractivity contribution in [1.29, 1.82) is 0 Å². The third-order valence-electron chi connectivity index (χ3n) is 5.33. The van der Waals surface area contributed by atoms with E-state index in [4.69, 9.17) is 0 Å². The molecule has 0 aliphatic rings. The van der Waals surface area contributed by atoms with Crippen molar-refractivity contribution in [2.24, 2.45) is 0 Å². The van der Waals surface area contributed by atoms with Gasteiger partial charge in [0.1, 0.15) is 0 Å². The minimum atomic E-state index is -0.00483. The monoisotopic (exact) mass is 388 g/mol. The van der Waals surface area contributed by atoms with E-state index in [1.807, 2.05) is 83.4 Å². The SMILES string of the molecule is O=c1c2ccccc2c(-c2ccccc2)c(-c2ccccc2)n1Cc1ccccn1. The van der Waals surface area contributed by atoms with Crippen LogP contribution >= 0.6 is 0 Å². The highest BCUT2D eigenvalue weighted by molar-refractivity contribution is 6.02. The molecule has 3 aromatic carbocycles. The van der Waals surface area contributed by atoms with Gasteiger partial charge < -0.3 is 4.57 Å². The fourth-order valence-corrected chi connectivity index (χ4v) is 3.99. The van der Waals surface area contributed by atoms with Gasteiger partial charge in [-0.2, -0.15) is 0 Å². The molecular formula is C27H20N2O. The second-order valence-corrected chi connectivity index (χ2v) is 7.21. The first kappa shape index (κ1) is 18.1. The zero-order valence-corrected chi connectivity index (χ0v) is 16.4. The summed E-state index contributed by atoms with van der Waals surface area (Å²) in [5, 5.41) is 1.68. The zero-order chi connectivity index (χ0) is 20.3. The number of benzene rings is 3. The van der Waals surface area contributed by atoms with Gasteiger partial charge >= 0.3 is 0 Å². The van der Waals surface area contributed by atoms with Gasteiger partial charge in [0.2, 0.25) is 0 Å². The Morgan fingerprint density at radius 3 is 1.90 bits per heavy atom. The van der Waals surface area contributed by atoms with Crippen LogP contribution in [0.15, 0.2) is 114 Å². The maximum absolute atomic E-state index is 13.6. The maximum Gasteiger partial charge on any atom is 0.259 e. The van der Waals surface area contributed by atoms with E-state index in [2.05, 4.69) is 29.2 Å². The van der Waals surface area contributed by atoms with Gasteiger partial charge in [-0.1, -0.05) is 84.9 Å². The van der Waals surface area contributed by atoms with Gasteiger partial charge in [-0.05, 0) is 34.7 Å². The van der Waals surface area contributed by atoms with Crippen molar-refractivity contribution < 1.29 is 0 Å². The molecule has 0 radical (unpaired) electrons. The molecule has 2 aromatic heterocycles. The molecule has 0 spiro atoms. The van der Waals surface area contributed by atoms with Crippen LogP contribution in [0.5, 0.6) is 0 Å². The summed E-state index contributed by atoms with van der Waals surface area (Å²) in [6.45, 7) is 0.411. The smallest absolute Gasteiger partial charge is 0.259 e. The molecule has 0 atom stereocenters. The molecule has 2 heterocycles. The highest BCUT2D eigenvalue weighted by atomic mass is 16.1. The molecule has 0 saturated heterocycles. The van der Waals surface area contributed by atoms with Crippen molar-refractivity contribution >= 4 is 10.8 Å². The average Bonchev–Trinajstić information content (AvgIpc) is 2.82. The molecule has 0 unspecified atom stereocenters. The molecular weight excluding hydrogens is 368 g/mol. The lowest BCUT2D eigenvalue weighted by Gasteiger charge is -2.20. The van der Waals surface area contributed by atoms with Crippen molar-refractivity contribution in [2.45, 2.75) is 6.54 Å². The van der Waals surface area contributed by atoms with Gasteiger partial charge in [-0.3, -0.25) is 9.78 Å². The van der Waals surface area contributed by atoms with Crippen molar-refractivity contribution in [1.82, 2.24) is 9.55 Å². The summed E-state index contributed by atoms with van der Waals surface area (Å²) >= 11 is 0. The molecule has 0 aliphatic carbocycles. The summed E-state index contributed by atoms with van der Waals surface area (Å²) in [5.41, 5.74) is 4.92. The highest BCUT2D eigenvalue weighted by Crippen LogP contribution is 2.36. The minimum Gasteiger partial charge on any atom is -0.301 e. The zero-order valence-electron chi connectivity index (χ0n) is 16.4.